The molecule has 0 aliphatic carbocycles. The van der Waals surface area contributed by atoms with Gasteiger partial charge in [0.05, 0.1) is 16.8 Å². The summed E-state index contributed by atoms with van der Waals surface area (Å²) in [6, 6.07) is 7.89. The van der Waals surface area contributed by atoms with Gasteiger partial charge in [-0.25, -0.2) is 0 Å². The van der Waals surface area contributed by atoms with Gasteiger partial charge < -0.3 is 0 Å². The molecule has 1 amide bonds. The molecule has 0 aliphatic rings. The maximum atomic E-state index is 12.7. The Balaban J connectivity index is 2.03. The molecule has 0 saturated heterocycles. The van der Waals surface area contributed by atoms with E-state index in [1.807, 2.05) is 45.0 Å². The van der Waals surface area contributed by atoms with Crippen LogP contribution in [-0.2, 0) is 12.8 Å². The molecule has 6 heteroatoms. The number of carbonyl (C=O) groups excluding carboxylic acids is 1. The lowest BCUT2D eigenvalue weighted by Crippen LogP contribution is -2.17. The average molecular weight is 326 g/mol. The smallest absolute Gasteiger partial charge is 0.259 e. The summed E-state index contributed by atoms with van der Waals surface area (Å²) in [4.78, 5) is 17.4. The van der Waals surface area contributed by atoms with Crippen molar-refractivity contribution in [3.8, 4) is 0 Å². The molecule has 0 spiro atoms. The van der Waals surface area contributed by atoms with Crippen LogP contribution >= 0.6 is 11.3 Å². The van der Waals surface area contributed by atoms with Crippen LogP contribution in [0.4, 0.5) is 5.13 Å². The molecule has 1 aromatic carbocycles. The Bertz CT molecular complexity index is 872. The van der Waals surface area contributed by atoms with Crippen LogP contribution in [0.3, 0.4) is 0 Å². The number of aryl methyl sites for hydroxylation is 3. The first kappa shape index (κ1) is 15.6. The Kier molecular flexibility index (Phi) is 4.34. The van der Waals surface area contributed by atoms with Crippen LogP contribution < -0.4 is 5.32 Å². The van der Waals surface area contributed by atoms with Crippen LogP contribution in [0.15, 0.2) is 24.3 Å². The molecule has 0 saturated carbocycles. The summed E-state index contributed by atoms with van der Waals surface area (Å²) in [5.41, 5.74) is 3.31. The number of hydrogen-bond acceptors (Lipinski definition) is 5. The van der Waals surface area contributed by atoms with E-state index in [2.05, 4.69) is 20.5 Å². The number of amides is 1. The van der Waals surface area contributed by atoms with Gasteiger partial charge in [-0.2, -0.15) is 0 Å². The second-order valence-electron chi connectivity index (χ2n) is 5.24. The number of aromatic nitrogens is 3. The van der Waals surface area contributed by atoms with Crippen molar-refractivity contribution in [2.45, 2.75) is 33.6 Å². The molecule has 23 heavy (non-hydrogen) atoms. The van der Waals surface area contributed by atoms with Crippen LogP contribution in [0.1, 0.15) is 40.5 Å². The zero-order valence-corrected chi connectivity index (χ0v) is 14.2. The van der Waals surface area contributed by atoms with Crippen LogP contribution in [0.5, 0.6) is 0 Å². The maximum Gasteiger partial charge on any atom is 0.259 e. The summed E-state index contributed by atoms with van der Waals surface area (Å²) in [6.45, 7) is 5.99. The topological polar surface area (TPSA) is 67.8 Å². The van der Waals surface area contributed by atoms with Crippen molar-refractivity contribution >= 4 is 33.3 Å². The standard InChI is InChI=1S/C17H18N4OS/c1-4-12-15(10(3)11-8-6-7-9-13(11)18-12)16(22)19-17-21-20-14(5-2)23-17/h6-9H,4-5H2,1-3H3,(H,19,21,22). The highest BCUT2D eigenvalue weighted by atomic mass is 32.1. The number of para-hydroxylation sites is 1. The Hall–Kier alpha value is -2.34. The molecule has 0 aliphatic heterocycles. The number of nitrogens with zero attached hydrogens (tertiary/aromatic N) is 3. The summed E-state index contributed by atoms with van der Waals surface area (Å²) in [7, 11) is 0. The van der Waals surface area contributed by atoms with Crippen molar-refractivity contribution in [2.24, 2.45) is 0 Å². The molecule has 3 aromatic rings. The fraction of sp³-hybridized carbons (Fsp3) is 0.294. The summed E-state index contributed by atoms with van der Waals surface area (Å²) < 4.78 is 0. The fourth-order valence-corrected chi connectivity index (χ4v) is 3.28. The van der Waals surface area contributed by atoms with Gasteiger partial charge in [0, 0.05) is 5.39 Å². The minimum absolute atomic E-state index is 0.170. The van der Waals surface area contributed by atoms with E-state index in [1.54, 1.807) is 0 Å². The van der Waals surface area contributed by atoms with Gasteiger partial charge in [-0.3, -0.25) is 15.1 Å². The van der Waals surface area contributed by atoms with Gasteiger partial charge in [0.2, 0.25) is 5.13 Å². The van der Waals surface area contributed by atoms with Crippen molar-refractivity contribution in [1.29, 1.82) is 0 Å². The van der Waals surface area contributed by atoms with Crippen molar-refractivity contribution in [3.63, 3.8) is 0 Å². The largest absolute Gasteiger partial charge is 0.296 e. The number of fused-ring (bicyclic) bond motifs is 1. The quantitative estimate of drug-likeness (QED) is 0.792. The van der Waals surface area contributed by atoms with E-state index in [4.69, 9.17) is 0 Å². The zero-order valence-electron chi connectivity index (χ0n) is 13.4. The zero-order chi connectivity index (χ0) is 16.4. The van der Waals surface area contributed by atoms with E-state index in [-0.39, 0.29) is 5.91 Å². The number of nitrogens with one attached hydrogen (secondary N) is 1. The lowest BCUT2D eigenvalue weighted by Gasteiger charge is -2.12. The first-order chi connectivity index (χ1) is 11.1. The monoisotopic (exact) mass is 326 g/mol. The fourth-order valence-electron chi connectivity index (χ4n) is 2.60. The molecular formula is C17H18N4OS. The van der Waals surface area contributed by atoms with E-state index in [0.717, 1.165) is 33.6 Å². The predicted molar refractivity (Wildman–Crippen MR) is 93.1 cm³/mol. The molecule has 2 aromatic heterocycles. The molecule has 0 unspecified atom stereocenters. The molecule has 5 nitrogen and oxygen atoms in total. The highest BCUT2D eigenvalue weighted by Gasteiger charge is 2.19. The molecule has 0 bridgehead atoms. The van der Waals surface area contributed by atoms with Gasteiger partial charge in [-0.15, -0.1) is 10.2 Å². The molecule has 0 fully saturated rings. The Morgan fingerprint density at radius 3 is 2.65 bits per heavy atom. The van der Waals surface area contributed by atoms with E-state index >= 15 is 0 Å². The maximum absolute atomic E-state index is 12.7. The molecule has 0 radical (unpaired) electrons. The van der Waals surface area contributed by atoms with Gasteiger partial charge in [-0.1, -0.05) is 43.4 Å². The van der Waals surface area contributed by atoms with Crippen LogP contribution in [-0.4, -0.2) is 21.1 Å². The van der Waals surface area contributed by atoms with Gasteiger partial charge >= 0.3 is 0 Å². The normalized spacial score (nSPS) is 10.9. The van der Waals surface area contributed by atoms with Gasteiger partial charge in [0.25, 0.3) is 5.91 Å². The van der Waals surface area contributed by atoms with Gasteiger partial charge in [-0.05, 0) is 31.4 Å². The number of rotatable bonds is 4. The summed E-state index contributed by atoms with van der Waals surface area (Å²) in [6.07, 6.45) is 1.51. The highest BCUT2D eigenvalue weighted by Crippen LogP contribution is 2.25. The van der Waals surface area contributed by atoms with E-state index in [1.165, 1.54) is 11.3 Å². The highest BCUT2D eigenvalue weighted by molar-refractivity contribution is 7.15. The lowest BCUT2D eigenvalue weighted by molar-refractivity contribution is 0.102. The van der Waals surface area contributed by atoms with Gasteiger partial charge in [0.15, 0.2) is 0 Å². The van der Waals surface area contributed by atoms with Crippen molar-refractivity contribution in [3.05, 3.63) is 46.1 Å². The average Bonchev–Trinajstić information content (AvgIpc) is 3.02. The molecular weight excluding hydrogens is 308 g/mol. The first-order valence-corrected chi connectivity index (χ1v) is 8.47. The molecule has 118 valence electrons. The third kappa shape index (κ3) is 2.94. The predicted octanol–water partition coefficient (Wildman–Crippen LogP) is 3.77. The molecule has 3 rings (SSSR count). The summed E-state index contributed by atoms with van der Waals surface area (Å²) >= 11 is 1.40. The number of hydrogen-bond donors (Lipinski definition) is 1. The summed E-state index contributed by atoms with van der Waals surface area (Å²) in [5.74, 6) is -0.170. The Labute approximate surface area is 138 Å². The SMILES string of the molecule is CCc1nnc(NC(=O)c2c(CC)nc3ccccc3c2C)s1. The van der Waals surface area contributed by atoms with E-state index in [0.29, 0.717) is 17.1 Å². The van der Waals surface area contributed by atoms with E-state index < -0.39 is 0 Å². The summed E-state index contributed by atoms with van der Waals surface area (Å²) in [5, 5.41) is 13.3. The van der Waals surface area contributed by atoms with Crippen LogP contribution in [0.25, 0.3) is 10.9 Å². The number of carbonyl (C=O) groups is 1. The Morgan fingerprint density at radius 1 is 1.17 bits per heavy atom. The van der Waals surface area contributed by atoms with Crippen LogP contribution in [0.2, 0.25) is 0 Å². The third-order valence-electron chi connectivity index (χ3n) is 3.78. The van der Waals surface area contributed by atoms with Crippen molar-refractivity contribution < 1.29 is 4.79 Å². The first-order valence-electron chi connectivity index (χ1n) is 7.66. The van der Waals surface area contributed by atoms with Crippen molar-refractivity contribution in [1.82, 2.24) is 15.2 Å². The second kappa shape index (κ2) is 6.42. The minimum Gasteiger partial charge on any atom is -0.296 e. The number of benzene rings is 1. The van der Waals surface area contributed by atoms with Crippen LogP contribution in [0, 0.1) is 6.92 Å². The molecule has 2 heterocycles. The van der Waals surface area contributed by atoms with E-state index in [9.17, 15) is 4.79 Å². The molecule has 1 N–H and O–H groups in total. The number of anilines is 1. The van der Waals surface area contributed by atoms with Gasteiger partial charge in [0.1, 0.15) is 5.01 Å². The Morgan fingerprint density at radius 2 is 1.96 bits per heavy atom. The van der Waals surface area contributed by atoms with Crippen molar-refractivity contribution in [2.75, 3.05) is 5.32 Å². The molecule has 0 atom stereocenters. The number of pyridine rings is 1. The lowest BCUT2D eigenvalue weighted by atomic mass is 10.00. The minimum atomic E-state index is -0.170. The second-order valence-corrected chi connectivity index (χ2v) is 6.30. The third-order valence-corrected chi connectivity index (χ3v) is 4.76.